The number of rotatable bonds is 8. The molecule has 2 amide bonds. The van der Waals surface area contributed by atoms with Gasteiger partial charge in [0.15, 0.2) is 0 Å². The molecule has 0 heterocycles. The number of urea groups is 1. The Balaban J connectivity index is 1.60. The van der Waals surface area contributed by atoms with Crippen LogP contribution in [0.3, 0.4) is 0 Å². The highest BCUT2D eigenvalue weighted by atomic mass is 16.5. The molecule has 0 aliphatic carbocycles. The number of methoxy groups -OCH3 is 1. The quantitative estimate of drug-likeness (QED) is 0.733. The average molecular weight is 328 g/mol. The largest absolute Gasteiger partial charge is 0.497 e. The zero-order valence-electron chi connectivity index (χ0n) is 14.2. The third-order valence-corrected chi connectivity index (χ3v) is 3.57. The Kier molecular flexibility index (Phi) is 6.95. The molecule has 2 aromatic carbocycles. The van der Waals surface area contributed by atoms with E-state index in [0.29, 0.717) is 19.7 Å². The van der Waals surface area contributed by atoms with Crippen LogP contribution in [0, 0.1) is 6.92 Å². The van der Waals surface area contributed by atoms with E-state index in [0.717, 1.165) is 29.0 Å². The fraction of sp³-hybridized carbons (Fsp3) is 0.316. The molecule has 5 heteroatoms. The van der Waals surface area contributed by atoms with Crippen LogP contribution in [-0.4, -0.2) is 32.8 Å². The molecule has 2 aromatic rings. The monoisotopic (exact) mass is 328 g/mol. The normalized spacial score (nSPS) is 10.1. The molecular weight excluding hydrogens is 304 g/mol. The molecule has 0 unspecified atom stereocenters. The number of para-hydroxylation sites is 1. The lowest BCUT2D eigenvalue weighted by atomic mass is 10.1. The summed E-state index contributed by atoms with van der Waals surface area (Å²) in [6.45, 7) is 3.46. The average Bonchev–Trinajstić information content (AvgIpc) is 2.60. The van der Waals surface area contributed by atoms with Gasteiger partial charge < -0.3 is 20.1 Å². The highest BCUT2D eigenvalue weighted by molar-refractivity contribution is 5.73. The van der Waals surface area contributed by atoms with Crippen LogP contribution in [0.5, 0.6) is 11.5 Å². The van der Waals surface area contributed by atoms with Gasteiger partial charge in [0.25, 0.3) is 0 Å². The van der Waals surface area contributed by atoms with Gasteiger partial charge in [-0.2, -0.15) is 0 Å². The maximum absolute atomic E-state index is 11.7. The lowest BCUT2D eigenvalue weighted by Gasteiger charge is -2.10. The van der Waals surface area contributed by atoms with E-state index in [-0.39, 0.29) is 6.03 Å². The standard InChI is InChI=1S/C19H24N2O3/c1-15-6-3-4-9-18(15)24-13-12-21-19(22)20-11-10-16-7-5-8-17(14-16)23-2/h3-9,14H,10-13H2,1-2H3,(H2,20,21,22). The first kappa shape index (κ1) is 17.7. The van der Waals surface area contributed by atoms with Crippen molar-refractivity contribution in [3.05, 3.63) is 59.7 Å². The molecule has 0 aliphatic rings. The summed E-state index contributed by atoms with van der Waals surface area (Å²) in [6, 6.07) is 15.4. The molecular formula is C19H24N2O3. The van der Waals surface area contributed by atoms with Gasteiger partial charge in [-0.15, -0.1) is 0 Å². The van der Waals surface area contributed by atoms with Gasteiger partial charge in [-0.1, -0.05) is 30.3 Å². The van der Waals surface area contributed by atoms with E-state index in [2.05, 4.69) is 10.6 Å². The zero-order chi connectivity index (χ0) is 17.2. The number of amides is 2. The van der Waals surface area contributed by atoms with Crippen molar-refractivity contribution in [2.24, 2.45) is 0 Å². The summed E-state index contributed by atoms with van der Waals surface area (Å²) >= 11 is 0. The van der Waals surface area contributed by atoms with Gasteiger partial charge in [0.05, 0.1) is 13.7 Å². The molecule has 0 radical (unpaired) electrons. The first-order chi connectivity index (χ1) is 11.7. The molecule has 2 N–H and O–H groups in total. The van der Waals surface area contributed by atoms with E-state index in [1.807, 2.05) is 55.5 Å². The number of carbonyl (C=O) groups excluding carboxylic acids is 1. The maximum Gasteiger partial charge on any atom is 0.314 e. The summed E-state index contributed by atoms with van der Waals surface area (Å²) in [5.41, 5.74) is 2.21. The SMILES string of the molecule is COc1cccc(CCNC(=O)NCCOc2ccccc2C)c1. The van der Waals surface area contributed by atoms with Crippen LogP contribution >= 0.6 is 0 Å². The van der Waals surface area contributed by atoms with Crippen molar-refractivity contribution in [1.29, 1.82) is 0 Å². The van der Waals surface area contributed by atoms with Crippen LogP contribution in [-0.2, 0) is 6.42 Å². The number of hydrogen-bond acceptors (Lipinski definition) is 3. The first-order valence-electron chi connectivity index (χ1n) is 8.02. The van der Waals surface area contributed by atoms with E-state index in [9.17, 15) is 4.79 Å². The van der Waals surface area contributed by atoms with Crippen molar-refractivity contribution < 1.29 is 14.3 Å². The molecule has 0 spiro atoms. The van der Waals surface area contributed by atoms with E-state index in [4.69, 9.17) is 9.47 Å². The van der Waals surface area contributed by atoms with E-state index < -0.39 is 0 Å². The van der Waals surface area contributed by atoms with Crippen LogP contribution in [0.25, 0.3) is 0 Å². The molecule has 0 aliphatic heterocycles. The molecule has 128 valence electrons. The van der Waals surface area contributed by atoms with Gasteiger partial charge >= 0.3 is 6.03 Å². The van der Waals surface area contributed by atoms with Gasteiger partial charge in [-0.05, 0) is 42.7 Å². The second kappa shape index (κ2) is 9.45. The lowest BCUT2D eigenvalue weighted by molar-refractivity contribution is 0.236. The minimum absolute atomic E-state index is 0.189. The van der Waals surface area contributed by atoms with Gasteiger partial charge in [-0.25, -0.2) is 4.79 Å². The number of benzene rings is 2. The zero-order valence-corrected chi connectivity index (χ0v) is 14.2. The Labute approximate surface area is 143 Å². The predicted molar refractivity (Wildman–Crippen MR) is 94.8 cm³/mol. The van der Waals surface area contributed by atoms with Crippen molar-refractivity contribution in [2.75, 3.05) is 26.8 Å². The third kappa shape index (κ3) is 5.83. The van der Waals surface area contributed by atoms with Crippen LogP contribution in [0.1, 0.15) is 11.1 Å². The van der Waals surface area contributed by atoms with Crippen molar-refractivity contribution in [2.45, 2.75) is 13.3 Å². The number of carbonyl (C=O) groups is 1. The van der Waals surface area contributed by atoms with Crippen molar-refractivity contribution in [3.63, 3.8) is 0 Å². The van der Waals surface area contributed by atoms with Crippen LogP contribution < -0.4 is 20.1 Å². The fourth-order valence-electron chi connectivity index (χ4n) is 2.25. The number of nitrogens with one attached hydrogen (secondary N) is 2. The highest BCUT2D eigenvalue weighted by Crippen LogP contribution is 2.15. The number of aryl methyl sites for hydroxylation is 1. The van der Waals surface area contributed by atoms with Crippen molar-refractivity contribution in [1.82, 2.24) is 10.6 Å². The summed E-state index contributed by atoms with van der Waals surface area (Å²) < 4.78 is 10.8. The van der Waals surface area contributed by atoms with Gasteiger partial charge in [0.1, 0.15) is 18.1 Å². The maximum atomic E-state index is 11.7. The van der Waals surface area contributed by atoms with Crippen molar-refractivity contribution in [3.8, 4) is 11.5 Å². The van der Waals surface area contributed by atoms with Crippen LogP contribution in [0.2, 0.25) is 0 Å². The molecule has 24 heavy (non-hydrogen) atoms. The fourth-order valence-corrected chi connectivity index (χ4v) is 2.25. The third-order valence-electron chi connectivity index (χ3n) is 3.57. The Bertz CT molecular complexity index is 659. The van der Waals surface area contributed by atoms with Crippen LogP contribution in [0.4, 0.5) is 4.79 Å². The van der Waals surface area contributed by atoms with Gasteiger partial charge in [0, 0.05) is 6.54 Å². The molecule has 5 nitrogen and oxygen atoms in total. The van der Waals surface area contributed by atoms with Gasteiger partial charge in [0.2, 0.25) is 0 Å². The molecule has 0 aromatic heterocycles. The minimum atomic E-state index is -0.189. The first-order valence-corrected chi connectivity index (χ1v) is 8.02. The lowest BCUT2D eigenvalue weighted by Crippen LogP contribution is -2.38. The summed E-state index contributed by atoms with van der Waals surface area (Å²) in [5.74, 6) is 1.67. The molecule has 2 rings (SSSR count). The minimum Gasteiger partial charge on any atom is -0.497 e. The Morgan fingerprint density at radius 2 is 1.83 bits per heavy atom. The van der Waals surface area contributed by atoms with E-state index in [1.165, 1.54) is 0 Å². The summed E-state index contributed by atoms with van der Waals surface area (Å²) in [6.07, 6.45) is 0.754. The van der Waals surface area contributed by atoms with Crippen LogP contribution in [0.15, 0.2) is 48.5 Å². The topological polar surface area (TPSA) is 59.6 Å². The second-order valence-corrected chi connectivity index (χ2v) is 5.40. The van der Waals surface area contributed by atoms with Gasteiger partial charge in [-0.3, -0.25) is 0 Å². The molecule has 0 saturated carbocycles. The Hall–Kier alpha value is -2.69. The predicted octanol–water partition coefficient (Wildman–Crippen LogP) is 2.92. The summed E-state index contributed by atoms with van der Waals surface area (Å²) in [4.78, 5) is 11.7. The highest BCUT2D eigenvalue weighted by Gasteiger charge is 2.02. The second-order valence-electron chi connectivity index (χ2n) is 5.40. The Morgan fingerprint density at radius 1 is 1.04 bits per heavy atom. The molecule has 0 atom stereocenters. The molecule has 0 bridgehead atoms. The number of ether oxygens (including phenoxy) is 2. The summed E-state index contributed by atoms with van der Waals surface area (Å²) in [7, 11) is 1.64. The smallest absolute Gasteiger partial charge is 0.314 e. The molecule has 0 saturated heterocycles. The number of hydrogen-bond donors (Lipinski definition) is 2. The van der Waals surface area contributed by atoms with E-state index >= 15 is 0 Å². The Morgan fingerprint density at radius 3 is 2.62 bits per heavy atom. The summed E-state index contributed by atoms with van der Waals surface area (Å²) in [5, 5.41) is 5.61. The molecule has 0 fully saturated rings. The van der Waals surface area contributed by atoms with E-state index in [1.54, 1.807) is 7.11 Å². The van der Waals surface area contributed by atoms with Crippen molar-refractivity contribution >= 4 is 6.03 Å².